The van der Waals surface area contributed by atoms with Gasteiger partial charge in [0, 0.05) is 13.0 Å². The monoisotopic (exact) mass is 141 g/mol. The van der Waals surface area contributed by atoms with E-state index >= 15 is 0 Å². The van der Waals surface area contributed by atoms with Crippen LogP contribution in [0.3, 0.4) is 0 Å². The number of hydrogen-bond acceptors (Lipinski definition) is 2. The minimum atomic E-state index is 0.919. The standard InChI is InChI=1S/C7H13N2O/c1-10-9-7-5-3-2-4-6-8-7/h4H,2-3,5-6H2,1H3,(H,8,9). The van der Waals surface area contributed by atoms with Crippen LogP contribution in [0.5, 0.6) is 0 Å². The third-order valence-electron chi connectivity index (χ3n) is 1.47. The van der Waals surface area contributed by atoms with E-state index in [4.69, 9.17) is 0 Å². The van der Waals surface area contributed by atoms with Crippen LogP contribution in [0, 0.1) is 6.42 Å². The van der Waals surface area contributed by atoms with Gasteiger partial charge in [-0.3, -0.25) is 0 Å². The normalized spacial score (nSPS) is 23.5. The Bertz CT molecular complexity index is 113. The minimum absolute atomic E-state index is 0.919. The van der Waals surface area contributed by atoms with Crippen molar-refractivity contribution in [3.05, 3.63) is 6.42 Å². The first-order valence-corrected chi connectivity index (χ1v) is 3.59. The van der Waals surface area contributed by atoms with Gasteiger partial charge >= 0.3 is 0 Å². The van der Waals surface area contributed by atoms with E-state index in [0.717, 1.165) is 18.8 Å². The first-order valence-electron chi connectivity index (χ1n) is 3.59. The van der Waals surface area contributed by atoms with Crippen molar-refractivity contribution < 1.29 is 4.84 Å². The van der Waals surface area contributed by atoms with E-state index in [9.17, 15) is 0 Å². The summed E-state index contributed by atoms with van der Waals surface area (Å²) < 4.78 is 0. The van der Waals surface area contributed by atoms with E-state index < -0.39 is 0 Å². The highest BCUT2D eigenvalue weighted by molar-refractivity contribution is 5.81. The average Bonchev–Trinajstić information content (AvgIpc) is 2.17. The summed E-state index contributed by atoms with van der Waals surface area (Å²) >= 11 is 0. The lowest BCUT2D eigenvalue weighted by Crippen LogP contribution is -2.22. The molecule has 0 aromatic heterocycles. The highest BCUT2D eigenvalue weighted by atomic mass is 16.6. The van der Waals surface area contributed by atoms with Gasteiger partial charge in [0.15, 0.2) is 0 Å². The van der Waals surface area contributed by atoms with Crippen LogP contribution in [-0.2, 0) is 4.84 Å². The Balaban J connectivity index is 2.35. The maximum atomic E-state index is 4.65. The summed E-state index contributed by atoms with van der Waals surface area (Å²) in [5, 5.41) is 6.98. The molecule has 0 aromatic carbocycles. The van der Waals surface area contributed by atoms with Crippen molar-refractivity contribution in [1.29, 1.82) is 0 Å². The molecule has 1 saturated heterocycles. The fourth-order valence-corrected chi connectivity index (χ4v) is 0.982. The molecule has 1 radical (unpaired) electrons. The van der Waals surface area contributed by atoms with E-state index in [1.807, 2.05) is 0 Å². The molecule has 1 fully saturated rings. The molecule has 0 bridgehead atoms. The zero-order valence-electron chi connectivity index (χ0n) is 6.26. The summed E-state index contributed by atoms with van der Waals surface area (Å²) in [6, 6.07) is 0. The fourth-order valence-electron chi connectivity index (χ4n) is 0.982. The molecule has 0 amide bonds. The third-order valence-corrected chi connectivity index (χ3v) is 1.47. The second-order valence-electron chi connectivity index (χ2n) is 2.28. The number of nitrogens with one attached hydrogen (secondary N) is 1. The molecule has 1 rings (SSSR count). The van der Waals surface area contributed by atoms with Crippen LogP contribution in [0.2, 0.25) is 0 Å². The third kappa shape index (κ3) is 2.25. The van der Waals surface area contributed by atoms with Gasteiger partial charge in [-0.2, -0.15) is 0 Å². The first kappa shape index (κ1) is 7.38. The van der Waals surface area contributed by atoms with Crippen molar-refractivity contribution in [3.8, 4) is 0 Å². The Hall–Kier alpha value is -0.730. The fraction of sp³-hybridized carbons (Fsp3) is 0.714. The maximum absolute atomic E-state index is 4.65. The van der Waals surface area contributed by atoms with Gasteiger partial charge in [0.2, 0.25) is 0 Å². The Labute approximate surface area is 61.4 Å². The van der Waals surface area contributed by atoms with Crippen LogP contribution in [0.4, 0.5) is 0 Å². The zero-order valence-corrected chi connectivity index (χ0v) is 6.26. The van der Waals surface area contributed by atoms with E-state index in [1.165, 1.54) is 12.8 Å². The van der Waals surface area contributed by atoms with Gasteiger partial charge in [0.25, 0.3) is 0 Å². The van der Waals surface area contributed by atoms with Gasteiger partial charge in [0.1, 0.15) is 12.9 Å². The molecule has 0 saturated carbocycles. The van der Waals surface area contributed by atoms with Gasteiger partial charge in [0.05, 0.1) is 0 Å². The van der Waals surface area contributed by atoms with Crippen molar-refractivity contribution in [2.75, 3.05) is 13.7 Å². The minimum Gasteiger partial charge on any atom is -0.398 e. The summed E-state index contributed by atoms with van der Waals surface area (Å²) in [6.07, 6.45) is 5.58. The Morgan fingerprint density at radius 3 is 3.40 bits per heavy atom. The molecule has 1 aliphatic rings. The van der Waals surface area contributed by atoms with Gasteiger partial charge in [-0.25, -0.2) is 0 Å². The summed E-state index contributed by atoms with van der Waals surface area (Å²) in [4.78, 5) is 4.65. The zero-order chi connectivity index (χ0) is 7.23. The Morgan fingerprint density at radius 1 is 1.70 bits per heavy atom. The van der Waals surface area contributed by atoms with Crippen molar-refractivity contribution in [3.63, 3.8) is 0 Å². The van der Waals surface area contributed by atoms with Crippen molar-refractivity contribution >= 4 is 5.84 Å². The molecule has 1 heterocycles. The molecule has 1 N–H and O–H groups in total. The summed E-state index contributed by atoms with van der Waals surface area (Å²) in [6.45, 7) is 0.919. The van der Waals surface area contributed by atoms with Crippen molar-refractivity contribution in [2.45, 2.75) is 19.3 Å². The molecule has 0 unspecified atom stereocenters. The highest BCUT2D eigenvalue weighted by Gasteiger charge is 2.03. The van der Waals surface area contributed by atoms with Crippen LogP contribution in [0.15, 0.2) is 5.16 Å². The van der Waals surface area contributed by atoms with E-state index in [-0.39, 0.29) is 0 Å². The smallest absolute Gasteiger partial charge is 0.141 e. The molecule has 3 nitrogen and oxygen atoms in total. The number of oxime groups is 1. The predicted molar refractivity (Wildman–Crippen MR) is 40.6 cm³/mol. The van der Waals surface area contributed by atoms with E-state index in [0.29, 0.717) is 0 Å². The molecule has 0 atom stereocenters. The number of nitrogens with zero attached hydrogens (tertiary/aromatic N) is 1. The quantitative estimate of drug-likeness (QED) is 0.551. The lowest BCUT2D eigenvalue weighted by Gasteiger charge is -2.01. The predicted octanol–water partition coefficient (Wildman–Crippen LogP) is 0.924. The van der Waals surface area contributed by atoms with E-state index in [2.05, 4.69) is 21.7 Å². The molecule has 0 spiro atoms. The summed E-state index contributed by atoms with van der Waals surface area (Å²) in [5.41, 5.74) is 0. The second-order valence-corrected chi connectivity index (χ2v) is 2.28. The Morgan fingerprint density at radius 2 is 2.60 bits per heavy atom. The van der Waals surface area contributed by atoms with Crippen LogP contribution >= 0.6 is 0 Å². The molecule has 1 aliphatic heterocycles. The average molecular weight is 141 g/mol. The van der Waals surface area contributed by atoms with Crippen LogP contribution in [0.1, 0.15) is 19.3 Å². The molecular weight excluding hydrogens is 128 g/mol. The maximum Gasteiger partial charge on any atom is 0.141 e. The number of rotatable bonds is 1. The van der Waals surface area contributed by atoms with Crippen LogP contribution in [0.25, 0.3) is 0 Å². The topological polar surface area (TPSA) is 33.6 Å². The summed E-state index contributed by atoms with van der Waals surface area (Å²) in [7, 11) is 1.57. The van der Waals surface area contributed by atoms with Crippen LogP contribution in [-0.4, -0.2) is 19.5 Å². The molecule has 57 valence electrons. The Kier molecular flexibility index (Phi) is 3.06. The largest absolute Gasteiger partial charge is 0.398 e. The molecule has 10 heavy (non-hydrogen) atoms. The second kappa shape index (κ2) is 4.14. The lowest BCUT2D eigenvalue weighted by molar-refractivity contribution is 0.211. The highest BCUT2D eigenvalue weighted by Crippen LogP contribution is 2.03. The summed E-state index contributed by atoms with van der Waals surface area (Å²) in [5.74, 6) is 0.969. The lowest BCUT2D eigenvalue weighted by atomic mass is 10.2. The van der Waals surface area contributed by atoms with E-state index in [1.54, 1.807) is 7.11 Å². The van der Waals surface area contributed by atoms with Gasteiger partial charge in [-0.15, -0.1) is 0 Å². The first-order chi connectivity index (χ1) is 4.93. The number of hydrogen-bond donors (Lipinski definition) is 1. The van der Waals surface area contributed by atoms with Crippen molar-refractivity contribution in [1.82, 2.24) is 5.32 Å². The van der Waals surface area contributed by atoms with Crippen LogP contribution < -0.4 is 5.32 Å². The molecule has 0 aliphatic carbocycles. The van der Waals surface area contributed by atoms with Gasteiger partial charge in [-0.1, -0.05) is 5.16 Å². The SMILES string of the molecule is CON=C1CCC[CH]CN1. The van der Waals surface area contributed by atoms with Crippen molar-refractivity contribution in [2.24, 2.45) is 5.16 Å². The molecule has 3 heteroatoms. The van der Waals surface area contributed by atoms with Gasteiger partial charge < -0.3 is 10.2 Å². The molecule has 0 aromatic rings. The van der Waals surface area contributed by atoms with Gasteiger partial charge in [-0.05, 0) is 19.3 Å². The molecular formula is C7H13N2O. The number of amidine groups is 1.